The lowest BCUT2D eigenvalue weighted by Gasteiger charge is -2.19. The van der Waals surface area contributed by atoms with E-state index in [-0.39, 0.29) is 0 Å². The molecule has 0 bridgehead atoms. The monoisotopic (exact) mass is 283 g/mol. The molecule has 0 amide bonds. The van der Waals surface area contributed by atoms with Crippen LogP contribution in [0, 0.1) is 0 Å². The fourth-order valence-corrected chi connectivity index (χ4v) is 2.63. The Hall–Kier alpha value is -2.14. The molecule has 21 heavy (non-hydrogen) atoms. The van der Waals surface area contributed by atoms with Crippen LogP contribution in [0.25, 0.3) is 0 Å². The number of hydrogen-bond donors (Lipinski definition) is 2. The van der Waals surface area contributed by atoms with Gasteiger partial charge in [-0.3, -0.25) is 4.98 Å². The Morgan fingerprint density at radius 3 is 2.95 bits per heavy atom. The predicted molar refractivity (Wildman–Crippen MR) is 85.5 cm³/mol. The molecule has 5 heteroatoms. The van der Waals surface area contributed by atoms with E-state index in [9.17, 15) is 0 Å². The molecule has 2 N–H and O–H groups in total. The van der Waals surface area contributed by atoms with Crippen molar-refractivity contribution in [2.75, 3.05) is 30.4 Å². The maximum atomic E-state index is 4.38. The van der Waals surface area contributed by atoms with Crippen LogP contribution in [0.1, 0.15) is 12.1 Å². The van der Waals surface area contributed by atoms with Crippen molar-refractivity contribution < 1.29 is 0 Å². The van der Waals surface area contributed by atoms with Crippen molar-refractivity contribution in [2.45, 2.75) is 19.0 Å². The molecule has 3 rings (SSSR count). The molecule has 1 fully saturated rings. The fraction of sp³-hybridized carbons (Fsp3) is 0.375. The summed E-state index contributed by atoms with van der Waals surface area (Å²) in [5.41, 5.74) is 2.24. The highest BCUT2D eigenvalue weighted by atomic mass is 15.2. The highest BCUT2D eigenvalue weighted by Gasteiger charge is 2.21. The number of aromatic nitrogens is 2. The van der Waals surface area contributed by atoms with Crippen molar-refractivity contribution in [3.8, 4) is 0 Å². The van der Waals surface area contributed by atoms with Gasteiger partial charge >= 0.3 is 0 Å². The minimum absolute atomic E-state index is 0.586. The van der Waals surface area contributed by atoms with E-state index in [0.29, 0.717) is 12.6 Å². The lowest BCUT2D eigenvalue weighted by Crippen LogP contribution is -2.29. The number of anilines is 2. The molecule has 2 aromatic rings. The Labute approximate surface area is 125 Å². The van der Waals surface area contributed by atoms with Crippen LogP contribution in [0.3, 0.4) is 0 Å². The molecular weight excluding hydrogens is 262 g/mol. The van der Waals surface area contributed by atoms with E-state index in [1.54, 1.807) is 0 Å². The van der Waals surface area contributed by atoms with Gasteiger partial charge in [0.05, 0.1) is 12.2 Å². The Morgan fingerprint density at radius 1 is 1.24 bits per heavy atom. The van der Waals surface area contributed by atoms with E-state index < -0.39 is 0 Å². The summed E-state index contributed by atoms with van der Waals surface area (Å²) in [6.45, 7) is 2.84. The third kappa shape index (κ3) is 3.49. The van der Waals surface area contributed by atoms with Gasteiger partial charge in [-0.05, 0) is 31.7 Å². The summed E-state index contributed by atoms with van der Waals surface area (Å²) in [5, 5.41) is 6.68. The number of rotatable bonds is 5. The quantitative estimate of drug-likeness (QED) is 0.877. The summed E-state index contributed by atoms with van der Waals surface area (Å²) < 4.78 is 0. The van der Waals surface area contributed by atoms with Gasteiger partial charge in [-0.2, -0.15) is 0 Å². The van der Waals surface area contributed by atoms with Crippen molar-refractivity contribution in [3.05, 3.63) is 48.4 Å². The van der Waals surface area contributed by atoms with Crippen LogP contribution in [0.5, 0.6) is 0 Å². The summed E-state index contributed by atoms with van der Waals surface area (Å²) in [5.74, 6) is 0.895. The average Bonchev–Trinajstić information content (AvgIpc) is 3.03. The zero-order valence-electron chi connectivity index (χ0n) is 12.3. The van der Waals surface area contributed by atoms with Gasteiger partial charge < -0.3 is 15.5 Å². The van der Waals surface area contributed by atoms with Crippen molar-refractivity contribution in [3.63, 3.8) is 0 Å². The van der Waals surface area contributed by atoms with Gasteiger partial charge in [0.2, 0.25) is 0 Å². The molecular formula is C16H21N5. The Kier molecular flexibility index (Phi) is 4.31. The van der Waals surface area contributed by atoms with Crippen LogP contribution < -0.4 is 15.5 Å². The highest BCUT2D eigenvalue weighted by molar-refractivity contribution is 5.54. The molecule has 0 saturated carbocycles. The fourth-order valence-electron chi connectivity index (χ4n) is 2.63. The van der Waals surface area contributed by atoms with E-state index >= 15 is 0 Å². The summed E-state index contributed by atoms with van der Waals surface area (Å²) >= 11 is 0. The second-order valence-electron chi connectivity index (χ2n) is 5.29. The van der Waals surface area contributed by atoms with Crippen molar-refractivity contribution in [1.29, 1.82) is 0 Å². The molecule has 3 heterocycles. The second-order valence-corrected chi connectivity index (χ2v) is 5.29. The normalized spacial score (nSPS) is 18.0. The molecule has 0 aliphatic carbocycles. The van der Waals surface area contributed by atoms with Gasteiger partial charge in [-0.15, -0.1) is 0 Å². The summed E-state index contributed by atoms with van der Waals surface area (Å²) in [6, 6.07) is 10.7. The molecule has 0 spiro atoms. The van der Waals surface area contributed by atoms with E-state index in [2.05, 4.69) is 37.6 Å². The SMILES string of the molecule is CN[C@H]1CCN(c2ccnc(NCc3ccccn3)c2)C1. The first kappa shape index (κ1) is 13.8. The maximum absolute atomic E-state index is 4.38. The van der Waals surface area contributed by atoms with Gasteiger partial charge in [0.1, 0.15) is 5.82 Å². The number of nitrogens with one attached hydrogen (secondary N) is 2. The predicted octanol–water partition coefficient (Wildman–Crippen LogP) is 1.89. The number of hydrogen-bond acceptors (Lipinski definition) is 5. The standard InChI is InChI=1S/C16H21N5/c1-17-14-6-9-21(12-14)15-5-8-19-16(10-15)20-11-13-4-2-3-7-18-13/h2-5,7-8,10,14,17H,6,9,11-12H2,1H3,(H,19,20)/t14-/m0/s1. The number of pyridine rings is 2. The smallest absolute Gasteiger partial charge is 0.128 e. The first-order valence-corrected chi connectivity index (χ1v) is 7.37. The van der Waals surface area contributed by atoms with E-state index in [4.69, 9.17) is 0 Å². The van der Waals surface area contributed by atoms with E-state index in [0.717, 1.165) is 24.6 Å². The maximum Gasteiger partial charge on any atom is 0.128 e. The molecule has 1 aliphatic heterocycles. The number of nitrogens with zero attached hydrogens (tertiary/aromatic N) is 3. The summed E-state index contributed by atoms with van der Waals surface area (Å²) in [4.78, 5) is 11.1. The zero-order valence-corrected chi connectivity index (χ0v) is 12.3. The third-order valence-electron chi connectivity index (χ3n) is 3.88. The second kappa shape index (κ2) is 6.54. The lowest BCUT2D eigenvalue weighted by atomic mass is 10.3. The van der Waals surface area contributed by atoms with Gasteiger partial charge in [0.25, 0.3) is 0 Å². The molecule has 5 nitrogen and oxygen atoms in total. The van der Waals surface area contributed by atoms with Crippen LogP contribution in [0.4, 0.5) is 11.5 Å². The van der Waals surface area contributed by atoms with Gasteiger partial charge in [0, 0.05) is 43.3 Å². The molecule has 110 valence electrons. The molecule has 1 aliphatic rings. The molecule has 2 aromatic heterocycles. The first-order chi connectivity index (χ1) is 10.3. The van der Waals surface area contributed by atoms with Crippen LogP contribution in [-0.2, 0) is 6.54 Å². The van der Waals surface area contributed by atoms with Crippen molar-refractivity contribution in [1.82, 2.24) is 15.3 Å². The van der Waals surface area contributed by atoms with Crippen molar-refractivity contribution in [2.24, 2.45) is 0 Å². The van der Waals surface area contributed by atoms with Crippen LogP contribution >= 0.6 is 0 Å². The van der Waals surface area contributed by atoms with Crippen LogP contribution in [0.15, 0.2) is 42.7 Å². The van der Waals surface area contributed by atoms with Gasteiger partial charge in [-0.1, -0.05) is 6.07 Å². The van der Waals surface area contributed by atoms with E-state index in [1.807, 2.05) is 37.6 Å². The highest BCUT2D eigenvalue weighted by Crippen LogP contribution is 2.22. The van der Waals surface area contributed by atoms with Crippen LogP contribution in [-0.4, -0.2) is 36.1 Å². The Balaban J connectivity index is 1.63. The van der Waals surface area contributed by atoms with Gasteiger partial charge in [-0.25, -0.2) is 4.98 Å². The molecule has 0 aromatic carbocycles. The minimum Gasteiger partial charge on any atom is -0.370 e. The molecule has 1 saturated heterocycles. The summed E-state index contributed by atoms with van der Waals surface area (Å²) in [6.07, 6.45) is 4.86. The number of likely N-dealkylation sites (N-methyl/N-ethyl adjacent to an activating group) is 1. The Bertz CT molecular complexity index is 572. The van der Waals surface area contributed by atoms with Crippen molar-refractivity contribution >= 4 is 11.5 Å². The van der Waals surface area contributed by atoms with Gasteiger partial charge in [0.15, 0.2) is 0 Å². The molecule has 1 atom stereocenters. The van der Waals surface area contributed by atoms with Crippen LogP contribution in [0.2, 0.25) is 0 Å². The van der Waals surface area contributed by atoms with E-state index in [1.165, 1.54) is 12.1 Å². The first-order valence-electron chi connectivity index (χ1n) is 7.37. The molecule has 0 unspecified atom stereocenters. The lowest BCUT2D eigenvalue weighted by molar-refractivity contribution is 0.617. The summed E-state index contributed by atoms with van der Waals surface area (Å²) in [7, 11) is 2.03. The Morgan fingerprint density at radius 2 is 2.19 bits per heavy atom. The molecule has 0 radical (unpaired) electrons. The minimum atomic E-state index is 0.586. The topological polar surface area (TPSA) is 53.1 Å². The average molecular weight is 283 g/mol. The zero-order chi connectivity index (χ0) is 14.5. The largest absolute Gasteiger partial charge is 0.370 e. The third-order valence-corrected chi connectivity index (χ3v) is 3.88.